The van der Waals surface area contributed by atoms with Gasteiger partial charge in [-0.1, -0.05) is 0 Å². The van der Waals surface area contributed by atoms with Gasteiger partial charge in [0.05, 0.1) is 25.9 Å². The van der Waals surface area contributed by atoms with Crippen molar-refractivity contribution in [3.8, 4) is 0 Å². The predicted octanol–water partition coefficient (Wildman–Crippen LogP) is 2.34. The van der Waals surface area contributed by atoms with Gasteiger partial charge in [-0.2, -0.15) is 5.10 Å². The summed E-state index contributed by atoms with van der Waals surface area (Å²) in [5.41, 5.74) is 2.20. The van der Waals surface area contributed by atoms with Gasteiger partial charge in [0, 0.05) is 70.3 Å². The van der Waals surface area contributed by atoms with Gasteiger partial charge in [-0.05, 0) is 31.2 Å². The highest BCUT2D eigenvalue weighted by molar-refractivity contribution is 14.0. The molecule has 1 atom stereocenters. The normalized spacial score (nSPS) is 20.0. The summed E-state index contributed by atoms with van der Waals surface area (Å²) in [5.74, 6) is 0.767. The summed E-state index contributed by atoms with van der Waals surface area (Å²) in [6.07, 6.45) is 3.91. The van der Waals surface area contributed by atoms with Gasteiger partial charge in [-0.15, -0.1) is 24.0 Å². The number of aromatic nitrogens is 2. The minimum absolute atomic E-state index is 0. The Labute approximate surface area is 212 Å². The van der Waals surface area contributed by atoms with Gasteiger partial charge < -0.3 is 19.9 Å². The monoisotopic (exact) mass is 571 g/mol. The first-order valence-electron chi connectivity index (χ1n) is 11.5. The molecule has 10 heteroatoms. The lowest BCUT2D eigenvalue weighted by Gasteiger charge is -2.36. The van der Waals surface area contributed by atoms with E-state index in [9.17, 15) is 4.39 Å². The van der Waals surface area contributed by atoms with Crippen molar-refractivity contribution in [2.45, 2.75) is 13.0 Å². The molecule has 1 N–H and O–H groups in total. The Kier molecular flexibility index (Phi) is 9.75. The van der Waals surface area contributed by atoms with E-state index in [2.05, 4.69) is 32.0 Å². The zero-order valence-corrected chi connectivity index (χ0v) is 21.8. The molecule has 182 valence electrons. The highest BCUT2D eigenvalue weighted by Crippen LogP contribution is 2.21. The maximum absolute atomic E-state index is 13.2. The van der Waals surface area contributed by atoms with Crippen LogP contribution in [0, 0.1) is 5.82 Å². The molecule has 4 rings (SSSR count). The molecule has 8 nitrogen and oxygen atoms in total. The first-order chi connectivity index (χ1) is 15.6. The van der Waals surface area contributed by atoms with E-state index in [1.165, 1.54) is 12.1 Å². The van der Waals surface area contributed by atoms with Gasteiger partial charge in [0.15, 0.2) is 5.96 Å². The van der Waals surface area contributed by atoms with Gasteiger partial charge in [0.1, 0.15) is 11.9 Å². The number of guanidine groups is 1. The zero-order chi connectivity index (χ0) is 22.3. The van der Waals surface area contributed by atoms with Crippen LogP contribution in [0.4, 0.5) is 10.1 Å². The summed E-state index contributed by atoms with van der Waals surface area (Å²) in [6.45, 7) is 10.8. The molecule has 0 aliphatic carbocycles. The lowest BCUT2D eigenvalue weighted by atomic mass is 10.1. The van der Waals surface area contributed by atoms with Crippen LogP contribution in [0.25, 0.3) is 0 Å². The second kappa shape index (κ2) is 12.5. The van der Waals surface area contributed by atoms with Crippen LogP contribution in [0.2, 0.25) is 0 Å². The molecule has 2 aliphatic rings. The molecule has 0 amide bonds. The SMILES string of the molecule is CCNC(=NCCN1CCN(c2ccc(F)cc2)CC1)N1CCOC(c2cnn(C)c2)C1.I. The molecule has 2 aliphatic heterocycles. The summed E-state index contributed by atoms with van der Waals surface area (Å²) in [4.78, 5) is 12.0. The second-order valence-corrected chi connectivity index (χ2v) is 8.29. The fourth-order valence-electron chi connectivity index (χ4n) is 4.25. The first kappa shape index (κ1) is 25.7. The van der Waals surface area contributed by atoms with Crippen molar-refractivity contribution in [3.63, 3.8) is 0 Å². The van der Waals surface area contributed by atoms with Crippen molar-refractivity contribution >= 4 is 35.6 Å². The number of nitrogens with zero attached hydrogens (tertiary/aromatic N) is 6. The molecule has 2 fully saturated rings. The molecule has 1 aromatic heterocycles. The Morgan fingerprint density at radius 1 is 1.18 bits per heavy atom. The molecule has 0 saturated carbocycles. The lowest BCUT2D eigenvalue weighted by molar-refractivity contribution is -0.00805. The van der Waals surface area contributed by atoms with E-state index in [0.717, 1.165) is 76.1 Å². The lowest BCUT2D eigenvalue weighted by Crippen LogP contribution is -2.49. The number of aliphatic imine (C=N–C) groups is 1. The Morgan fingerprint density at radius 3 is 2.61 bits per heavy atom. The third-order valence-electron chi connectivity index (χ3n) is 6.04. The number of piperazine rings is 1. The minimum Gasteiger partial charge on any atom is -0.370 e. The van der Waals surface area contributed by atoms with Crippen molar-refractivity contribution in [1.29, 1.82) is 0 Å². The third-order valence-corrected chi connectivity index (χ3v) is 6.04. The average molecular weight is 571 g/mol. The minimum atomic E-state index is -0.186. The quantitative estimate of drug-likeness (QED) is 0.327. The number of aryl methyl sites for hydroxylation is 1. The number of morpholine rings is 1. The van der Waals surface area contributed by atoms with Gasteiger partial charge >= 0.3 is 0 Å². The standard InChI is InChI=1S/C23H34FN7O.HI/c1-3-25-23(31-14-15-32-22(18-31)19-16-27-28(2)17-19)26-8-9-29-10-12-30(13-11-29)21-6-4-20(24)5-7-21;/h4-7,16-17,22H,3,8-15,18H2,1-2H3,(H,25,26);1H. The maximum atomic E-state index is 13.2. The third kappa shape index (κ3) is 7.03. The maximum Gasteiger partial charge on any atom is 0.194 e. The number of nitrogens with one attached hydrogen (secondary N) is 1. The fourth-order valence-corrected chi connectivity index (χ4v) is 4.25. The molecule has 0 radical (unpaired) electrons. The summed E-state index contributed by atoms with van der Waals surface area (Å²) in [6, 6.07) is 6.78. The van der Waals surface area contributed by atoms with Crippen molar-refractivity contribution in [2.75, 3.05) is 70.4 Å². The van der Waals surface area contributed by atoms with Crippen LogP contribution in [0.5, 0.6) is 0 Å². The number of anilines is 1. The van der Waals surface area contributed by atoms with E-state index in [0.29, 0.717) is 6.61 Å². The van der Waals surface area contributed by atoms with Crippen molar-refractivity contribution in [1.82, 2.24) is 24.9 Å². The second-order valence-electron chi connectivity index (χ2n) is 8.29. The Hall–Kier alpha value is -1.92. The molecule has 2 aromatic rings. The number of halogens is 2. The van der Waals surface area contributed by atoms with Crippen LogP contribution >= 0.6 is 24.0 Å². The van der Waals surface area contributed by atoms with E-state index in [4.69, 9.17) is 9.73 Å². The van der Waals surface area contributed by atoms with Gasteiger partial charge in [-0.3, -0.25) is 14.6 Å². The summed E-state index contributed by atoms with van der Waals surface area (Å²) >= 11 is 0. The van der Waals surface area contributed by atoms with E-state index in [-0.39, 0.29) is 35.9 Å². The molecule has 2 saturated heterocycles. The van der Waals surface area contributed by atoms with Crippen LogP contribution in [0.15, 0.2) is 41.7 Å². The van der Waals surface area contributed by atoms with Crippen LogP contribution in [-0.4, -0.2) is 91.0 Å². The largest absolute Gasteiger partial charge is 0.370 e. The molecular formula is C23H35FIN7O. The van der Waals surface area contributed by atoms with Crippen LogP contribution < -0.4 is 10.2 Å². The Balaban J connectivity index is 0.00000306. The van der Waals surface area contributed by atoms with Gasteiger partial charge in [0.2, 0.25) is 0 Å². The molecule has 3 heterocycles. The van der Waals surface area contributed by atoms with Crippen LogP contribution in [0.1, 0.15) is 18.6 Å². The smallest absolute Gasteiger partial charge is 0.194 e. The number of benzene rings is 1. The Bertz CT molecular complexity index is 883. The number of ether oxygens (including phenoxy) is 1. The summed E-state index contributed by atoms with van der Waals surface area (Å²) in [5, 5.41) is 7.72. The van der Waals surface area contributed by atoms with Gasteiger partial charge in [0.25, 0.3) is 0 Å². The Morgan fingerprint density at radius 2 is 1.94 bits per heavy atom. The average Bonchev–Trinajstić information content (AvgIpc) is 3.26. The molecule has 33 heavy (non-hydrogen) atoms. The highest BCUT2D eigenvalue weighted by atomic mass is 127. The molecule has 1 aromatic carbocycles. The van der Waals surface area contributed by atoms with E-state index >= 15 is 0 Å². The van der Waals surface area contributed by atoms with Gasteiger partial charge in [-0.25, -0.2) is 4.39 Å². The number of hydrogen-bond donors (Lipinski definition) is 1. The van der Waals surface area contributed by atoms with Crippen LogP contribution in [-0.2, 0) is 11.8 Å². The highest BCUT2D eigenvalue weighted by Gasteiger charge is 2.25. The predicted molar refractivity (Wildman–Crippen MR) is 140 cm³/mol. The van der Waals surface area contributed by atoms with Crippen molar-refractivity contribution < 1.29 is 9.13 Å². The topological polar surface area (TPSA) is 61.2 Å². The molecule has 0 bridgehead atoms. The van der Waals surface area contributed by atoms with E-state index in [1.807, 2.05) is 36.3 Å². The summed E-state index contributed by atoms with van der Waals surface area (Å²) in [7, 11) is 1.93. The zero-order valence-electron chi connectivity index (χ0n) is 19.5. The molecule has 1 unspecified atom stereocenters. The number of hydrogen-bond acceptors (Lipinski definition) is 5. The van der Waals surface area contributed by atoms with Crippen molar-refractivity contribution in [3.05, 3.63) is 48.0 Å². The summed E-state index contributed by atoms with van der Waals surface area (Å²) < 4.78 is 20.9. The number of rotatable bonds is 6. The molecule has 0 spiro atoms. The fraction of sp³-hybridized carbons (Fsp3) is 0.565. The van der Waals surface area contributed by atoms with E-state index in [1.54, 1.807) is 0 Å². The van der Waals surface area contributed by atoms with Crippen molar-refractivity contribution in [2.24, 2.45) is 12.0 Å². The van der Waals surface area contributed by atoms with Crippen LogP contribution in [0.3, 0.4) is 0 Å². The van der Waals surface area contributed by atoms with E-state index < -0.39 is 0 Å². The first-order valence-corrected chi connectivity index (χ1v) is 11.5. The molecular weight excluding hydrogens is 536 g/mol.